The Morgan fingerprint density at radius 1 is 1.33 bits per heavy atom. The van der Waals surface area contributed by atoms with Crippen LogP contribution < -0.4 is 5.73 Å². The van der Waals surface area contributed by atoms with Crippen LogP contribution in [0.15, 0.2) is 33.3 Å². The summed E-state index contributed by atoms with van der Waals surface area (Å²) in [6.07, 6.45) is 2.51. The lowest BCUT2D eigenvalue weighted by Gasteiger charge is -2.07. The molecule has 80 valence electrons. The number of furan rings is 2. The van der Waals surface area contributed by atoms with Crippen molar-refractivity contribution < 1.29 is 8.83 Å². The van der Waals surface area contributed by atoms with Crippen molar-refractivity contribution in [3.8, 4) is 0 Å². The van der Waals surface area contributed by atoms with Crippen LogP contribution in [0.1, 0.15) is 35.8 Å². The molecule has 0 aliphatic rings. The van der Waals surface area contributed by atoms with Gasteiger partial charge < -0.3 is 14.6 Å². The summed E-state index contributed by atoms with van der Waals surface area (Å²) in [6, 6.07) is 5.50. The fraction of sp³-hybridized carbons (Fsp3) is 0.333. The molecule has 2 aromatic rings. The van der Waals surface area contributed by atoms with Gasteiger partial charge in [-0.3, -0.25) is 0 Å². The average Bonchev–Trinajstić information content (AvgIpc) is 2.84. The van der Waals surface area contributed by atoms with E-state index in [0.717, 1.165) is 29.3 Å². The average molecular weight is 205 g/mol. The molecule has 2 aromatic heterocycles. The van der Waals surface area contributed by atoms with Crippen molar-refractivity contribution in [3.63, 3.8) is 0 Å². The van der Waals surface area contributed by atoms with Crippen molar-refractivity contribution in [2.75, 3.05) is 0 Å². The van der Waals surface area contributed by atoms with E-state index in [-0.39, 0.29) is 6.04 Å². The first kappa shape index (κ1) is 10.1. The molecule has 0 saturated heterocycles. The Bertz CT molecular complexity index is 442. The van der Waals surface area contributed by atoms with Gasteiger partial charge in [0.05, 0.1) is 12.3 Å². The SMILES string of the molecule is CCc1occc1C(N)c1ccc(C)o1. The number of aryl methyl sites for hydroxylation is 2. The van der Waals surface area contributed by atoms with E-state index in [2.05, 4.69) is 0 Å². The maximum Gasteiger partial charge on any atom is 0.125 e. The topological polar surface area (TPSA) is 52.3 Å². The highest BCUT2D eigenvalue weighted by Crippen LogP contribution is 2.25. The van der Waals surface area contributed by atoms with Crippen molar-refractivity contribution in [3.05, 3.63) is 47.3 Å². The van der Waals surface area contributed by atoms with E-state index in [0.29, 0.717) is 0 Å². The van der Waals surface area contributed by atoms with Crippen molar-refractivity contribution in [1.29, 1.82) is 0 Å². The van der Waals surface area contributed by atoms with Crippen LogP contribution in [0.5, 0.6) is 0 Å². The minimum atomic E-state index is -0.229. The quantitative estimate of drug-likeness (QED) is 0.838. The third-order valence-electron chi connectivity index (χ3n) is 2.50. The Labute approximate surface area is 88.9 Å². The highest BCUT2D eigenvalue weighted by atomic mass is 16.3. The fourth-order valence-corrected chi connectivity index (χ4v) is 1.69. The van der Waals surface area contributed by atoms with E-state index in [1.54, 1.807) is 6.26 Å². The second kappa shape index (κ2) is 3.95. The zero-order chi connectivity index (χ0) is 10.8. The van der Waals surface area contributed by atoms with Crippen molar-refractivity contribution in [2.45, 2.75) is 26.3 Å². The molecule has 2 rings (SSSR count). The molecule has 0 aliphatic heterocycles. The van der Waals surface area contributed by atoms with Crippen LogP contribution in [0.3, 0.4) is 0 Å². The Balaban J connectivity index is 2.31. The number of hydrogen-bond acceptors (Lipinski definition) is 3. The van der Waals surface area contributed by atoms with Crippen molar-refractivity contribution >= 4 is 0 Å². The van der Waals surface area contributed by atoms with Crippen LogP contribution >= 0.6 is 0 Å². The predicted octanol–water partition coefficient (Wildman–Crippen LogP) is 2.79. The Kier molecular flexibility index (Phi) is 2.64. The van der Waals surface area contributed by atoms with Gasteiger partial charge in [-0.2, -0.15) is 0 Å². The summed E-state index contributed by atoms with van der Waals surface area (Å²) < 4.78 is 10.8. The molecule has 0 amide bonds. The molecule has 15 heavy (non-hydrogen) atoms. The van der Waals surface area contributed by atoms with Gasteiger partial charge in [-0.15, -0.1) is 0 Å². The maximum absolute atomic E-state index is 6.10. The van der Waals surface area contributed by atoms with Crippen LogP contribution in [-0.4, -0.2) is 0 Å². The van der Waals surface area contributed by atoms with Crippen LogP contribution in [0.25, 0.3) is 0 Å². The van der Waals surface area contributed by atoms with Gasteiger partial charge >= 0.3 is 0 Å². The molecular formula is C12H15NO2. The Hall–Kier alpha value is -1.48. The van der Waals surface area contributed by atoms with Gasteiger partial charge in [0.25, 0.3) is 0 Å². The van der Waals surface area contributed by atoms with E-state index < -0.39 is 0 Å². The van der Waals surface area contributed by atoms with Crippen molar-refractivity contribution in [2.24, 2.45) is 5.73 Å². The van der Waals surface area contributed by atoms with Crippen molar-refractivity contribution in [1.82, 2.24) is 0 Å². The molecule has 0 bridgehead atoms. The molecule has 2 N–H and O–H groups in total. The summed E-state index contributed by atoms with van der Waals surface area (Å²) in [5.74, 6) is 2.59. The van der Waals surface area contributed by atoms with Gasteiger partial charge in [0.1, 0.15) is 17.3 Å². The molecule has 2 heterocycles. The molecule has 0 aromatic carbocycles. The first-order chi connectivity index (χ1) is 7.22. The van der Waals surface area contributed by atoms with Gasteiger partial charge in [0.2, 0.25) is 0 Å². The standard InChI is InChI=1S/C12H15NO2/c1-3-10-9(6-7-14-10)12(13)11-5-4-8(2)15-11/h4-7,12H,3,13H2,1-2H3. The predicted molar refractivity (Wildman–Crippen MR) is 57.6 cm³/mol. The molecule has 0 saturated carbocycles. The van der Waals surface area contributed by atoms with E-state index in [4.69, 9.17) is 14.6 Å². The first-order valence-corrected chi connectivity index (χ1v) is 5.10. The van der Waals surface area contributed by atoms with Gasteiger partial charge in [0, 0.05) is 12.0 Å². The van der Waals surface area contributed by atoms with Crippen LogP contribution in [0, 0.1) is 6.92 Å². The van der Waals surface area contributed by atoms with Gasteiger partial charge in [0.15, 0.2) is 0 Å². The molecular weight excluding hydrogens is 190 g/mol. The number of hydrogen-bond donors (Lipinski definition) is 1. The second-order valence-corrected chi connectivity index (χ2v) is 3.58. The summed E-state index contributed by atoms with van der Waals surface area (Å²) in [5, 5.41) is 0. The third-order valence-corrected chi connectivity index (χ3v) is 2.50. The zero-order valence-corrected chi connectivity index (χ0v) is 8.99. The molecule has 0 aliphatic carbocycles. The molecule has 3 heteroatoms. The lowest BCUT2D eigenvalue weighted by Crippen LogP contribution is -2.11. The summed E-state index contributed by atoms with van der Waals surface area (Å²) in [5.41, 5.74) is 7.10. The molecule has 0 radical (unpaired) electrons. The maximum atomic E-state index is 6.10. The van der Waals surface area contributed by atoms with Gasteiger partial charge in [-0.1, -0.05) is 6.92 Å². The number of rotatable bonds is 3. The van der Waals surface area contributed by atoms with Gasteiger partial charge in [-0.25, -0.2) is 0 Å². The minimum absolute atomic E-state index is 0.229. The fourth-order valence-electron chi connectivity index (χ4n) is 1.69. The lowest BCUT2D eigenvalue weighted by atomic mass is 10.1. The Morgan fingerprint density at radius 2 is 2.13 bits per heavy atom. The van der Waals surface area contributed by atoms with Crippen LogP contribution in [0.2, 0.25) is 0 Å². The minimum Gasteiger partial charge on any atom is -0.469 e. The molecule has 0 fully saturated rings. The zero-order valence-electron chi connectivity index (χ0n) is 8.99. The van der Waals surface area contributed by atoms with E-state index in [9.17, 15) is 0 Å². The van der Waals surface area contributed by atoms with Crippen LogP contribution in [0.4, 0.5) is 0 Å². The van der Waals surface area contributed by atoms with E-state index >= 15 is 0 Å². The molecule has 0 spiro atoms. The first-order valence-electron chi connectivity index (χ1n) is 5.10. The molecule has 1 unspecified atom stereocenters. The second-order valence-electron chi connectivity index (χ2n) is 3.58. The summed E-state index contributed by atoms with van der Waals surface area (Å²) in [6.45, 7) is 3.95. The molecule has 1 atom stereocenters. The lowest BCUT2D eigenvalue weighted by molar-refractivity contribution is 0.458. The normalized spacial score (nSPS) is 13.0. The number of nitrogens with two attached hydrogens (primary N) is 1. The Morgan fingerprint density at radius 3 is 2.73 bits per heavy atom. The molecule has 3 nitrogen and oxygen atoms in total. The summed E-state index contributed by atoms with van der Waals surface area (Å²) >= 11 is 0. The van der Waals surface area contributed by atoms with Gasteiger partial charge in [-0.05, 0) is 25.1 Å². The van der Waals surface area contributed by atoms with Crippen LogP contribution in [-0.2, 0) is 6.42 Å². The largest absolute Gasteiger partial charge is 0.469 e. The highest BCUT2D eigenvalue weighted by molar-refractivity contribution is 5.28. The summed E-state index contributed by atoms with van der Waals surface area (Å²) in [7, 11) is 0. The van der Waals surface area contributed by atoms with E-state index in [1.807, 2.05) is 32.0 Å². The monoisotopic (exact) mass is 205 g/mol. The third kappa shape index (κ3) is 1.83. The highest BCUT2D eigenvalue weighted by Gasteiger charge is 2.17. The van der Waals surface area contributed by atoms with E-state index in [1.165, 1.54) is 0 Å². The smallest absolute Gasteiger partial charge is 0.125 e. The summed E-state index contributed by atoms with van der Waals surface area (Å²) in [4.78, 5) is 0.